The lowest BCUT2D eigenvalue weighted by Gasteiger charge is -2.16. The van der Waals surface area contributed by atoms with Gasteiger partial charge >= 0.3 is 6.18 Å². The maximum Gasteiger partial charge on any atom is 0.418 e. The molecule has 94 valence electrons. The Kier molecular flexibility index (Phi) is 4.59. The molecule has 0 amide bonds. The minimum Gasteiger partial charge on any atom is -0.363 e. The van der Waals surface area contributed by atoms with Gasteiger partial charge in [-0.2, -0.15) is 13.2 Å². The molecule has 0 heterocycles. The Labute approximate surface area is 107 Å². The van der Waals surface area contributed by atoms with E-state index in [1.165, 1.54) is 12.1 Å². The smallest absolute Gasteiger partial charge is 0.363 e. The summed E-state index contributed by atoms with van der Waals surface area (Å²) in [4.78, 5) is 0. The molecule has 1 rings (SSSR count). The Morgan fingerprint density at radius 1 is 1.41 bits per heavy atom. The monoisotopic (exact) mass is 282 g/mol. The average Bonchev–Trinajstić information content (AvgIpc) is 2.19. The van der Waals surface area contributed by atoms with Gasteiger partial charge in [0.25, 0.3) is 0 Å². The highest BCUT2D eigenvalue weighted by Crippen LogP contribution is 2.38. The molecule has 17 heavy (non-hydrogen) atoms. The molecule has 0 radical (unpaired) electrons. The molecule has 0 fully saturated rings. The number of nitrogens with one attached hydrogen (secondary N) is 2. The minimum atomic E-state index is -4.48. The molecular formula is C10H10ClF3N2S. The van der Waals surface area contributed by atoms with Gasteiger partial charge in [0.2, 0.25) is 0 Å². The zero-order chi connectivity index (χ0) is 13.1. The Bertz CT molecular complexity index is 421. The van der Waals surface area contributed by atoms with Gasteiger partial charge in [0.15, 0.2) is 5.11 Å². The van der Waals surface area contributed by atoms with Crippen LogP contribution in [0.15, 0.2) is 18.2 Å². The summed E-state index contributed by atoms with van der Waals surface area (Å²) in [5, 5.41) is 5.22. The predicted octanol–water partition coefficient (Wildman–Crippen LogP) is 3.67. The van der Waals surface area contributed by atoms with E-state index < -0.39 is 11.7 Å². The Morgan fingerprint density at radius 2 is 2.06 bits per heavy atom. The van der Waals surface area contributed by atoms with Crippen molar-refractivity contribution in [1.29, 1.82) is 0 Å². The summed E-state index contributed by atoms with van der Waals surface area (Å²) in [6, 6.07) is 3.56. The molecule has 2 N–H and O–H groups in total. The third-order valence-corrected chi connectivity index (χ3v) is 2.46. The maximum absolute atomic E-state index is 12.7. The van der Waals surface area contributed by atoms with E-state index >= 15 is 0 Å². The topological polar surface area (TPSA) is 24.1 Å². The third-order valence-electron chi connectivity index (χ3n) is 1.89. The average molecular weight is 283 g/mol. The first kappa shape index (κ1) is 14.1. The van der Waals surface area contributed by atoms with Crippen molar-refractivity contribution >= 4 is 34.6 Å². The molecule has 0 aliphatic heterocycles. The lowest BCUT2D eigenvalue weighted by molar-refractivity contribution is -0.136. The van der Waals surface area contributed by atoms with Crippen LogP contribution in [0.25, 0.3) is 0 Å². The number of alkyl halides is 3. The first-order chi connectivity index (χ1) is 7.86. The Morgan fingerprint density at radius 3 is 2.59 bits per heavy atom. The molecule has 0 aromatic heterocycles. The SMILES string of the molecule is CCNC(=S)Nc1c(Cl)cccc1C(F)(F)F. The van der Waals surface area contributed by atoms with Crippen molar-refractivity contribution in [3.63, 3.8) is 0 Å². The lowest BCUT2D eigenvalue weighted by Crippen LogP contribution is -2.29. The van der Waals surface area contributed by atoms with Gasteiger partial charge in [0.05, 0.1) is 16.3 Å². The number of rotatable bonds is 2. The van der Waals surface area contributed by atoms with Gasteiger partial charge in [-0.1, -0.05) is 17.7 Å². The normalized spacial score (nSPS) is 11.1. The quantitative estimate of drug-likeness (QED) is 0.810. The Hall–Kier alpha value is -1.01. The summed E-state index contributed by atoms with van der Waals surface area (Å²) in [7, 11) is 0. The largest absolute Gasteiger partial charge is 0.418 e. The van der Waals surface area contributed by atoms with Gasteiger partial charge in [0.1, 0.15) is 0 Å². The number of anilines is 1. The molecule has 1 aromatic carbocycles. The number of benzene rings is 1. The molecule has 0 aliphatic rings. The van der Waals surface area contributed by atoms with E-state index in [-0.39, 0.29) is 15.8 Å². The number of hydrogen-bond donors (Lipinski definition) is 2. The van der Waals surface area contributed by atoms with Gasteiger partial charge in [-0.15, -0.1) is 0 Å². The first-order valence-electron chi connectivity index (χ1n) is 4.76. The highest BCUT2D eigenvalue weighted by Gasteiger charge is 2.34. The number of thiocarbonyl (C=S) groups is 1. The molecular weight excluding hydrogens is 273 g/mol. The molecule has 0 aliphatic carbocycles. The maximum atomic E-state index is 12.7. The second-order valence-electron chi connectivity index (χ2n) is 3.14. The van der Waals surface area contributed by atoms with E-state index in [2.05, 4.69) is 10.6 Å². The van der Waals surface area contributed by atoms with Crippen molar-refractivity contribution in [2.45, 2.75) is 13.1 Å². The van der Waals surface area contributed by atoms with Crippen molar-refractivity contribution < 1.29 is 13.2 Å². The van der Waals surface area contributed by atoms with Crippen LogP contribution in [-0.4, -0.2) is 11.7 Å². The van der Waals surface area contributed by atoms with Crippen LogP contribution in [-0.2, 0) is 6.18 Å². The van der Waals surface area contributed by atoms with Crippen LogP contribution in [0.2, 0.25) is 5.02 Å². The summed E-state index contributed by atoms with van der Waals surface area (Å²) in [5.74, 6) is 0. The zero-order valence-electron chi connectivity index (χ0n) is 8.86. The third kappa shape index (κ3) is 3.74. The van der Waals surface area contributed by atoms with Gasteiger partial charge in [0, 0.05) is 6.54 Å². The molecule has 0 atom stereocenters. The number of hydrogen-bond acceptors (Lipinski definition) is 1. The van der Waals surface area contributed by atoms with Crippen LogP contribution in [0, 0.1) is 0 Å². The van der Waals surface area contributed by atoms with Crippen LogP contribution in [0.5, 0.6) is 0 Å². The van der Waals surface area contributed by atoms with Gasteiger partial charge < -0.3 is 10.6 Å². The standard InChI is InChI=1S/C10H10ClF3N2S/c1-2-15-9(17)16-8-6(10(12,13)14)4-3-5-7(8)11/h3-5H,2H2,1H3,(H2,15,16,17). The van der Waals surface area contributed by atoms with E-state index in [0.29, 0.717) is 6.54 Å². The highest BCUT2D eigenvalue weighted by molar-refractivity contribution is 7.80. The highest BCUT2D eigenvalue weighted by atomic mass is 35.5. The van der Waals surface area contributed by atoms with Gasteiger partial charge in [-0.25, -0.2) is 0 Å². The van der Waals surface area contributed by atoms with Crippen LogP contribution in [0.3, 0.4) is 0 Å². The van der Waals surface area contributed by atoms with Crippen LogP contribution >= 0.6 is 23.8 Å². The molecule has 0 unspecified atom stereocenters. The molecule has 7 heteroatoms. The minimum absolute atomic E-state index is 0.0277. The van der Waals surface area contributed by atoms with E-state index in [1.54, 1.807) is 6.92 Å². The predicted molar refractivity (Wildman–Crippen MR) is 66.4 cm³/mol. The molecule has 0 saturated carbocycles. The Balaban J connectivity index is 3.09. The summed E-state index contributed by atoms with van der Waals surface area (Å²) in [6.45, 7) is 2.29. The summed E-state index contributed by atoms with van der Waals surface area (Å²) in [6.07, 6.45) is -4.48. The van der Waals surface area contributed by atoms with Crippen LogP contribution in [0.1, 0.15) is 12.5 Å². The van der Waals surface area contributed by atoms with Gasteiger partial charge in [-0.05, 0) is 31.3 Å². The van der Waals surface area contributed by atoms with E-state index in [1.807, 2.05) is 0 Å². The molecule has 1 aromatic rings. The van der Waals surface area contributed by atoms with Gasteiger partial charge in [-0.3, -0.25) is 0 Å². The zero-order valence-corrected chi connectivity index (χ0v) is 10.4. The second-order valence-corrected chi connectivity index (χ2v) is 3.96. The van der Waals surface area contributed by atoms with Crippen molar-refractivity contribution in [3.8, 4) is 0 Å². The van der Waals surface area contributed by atoms with Crippen molar-refractivity contribution in [2.75, 3.05) is 11.9 Å². The second kappa shape index (κ2) is 5.55. The number of halogens is 4. The molecule has 0 saturated heterocycles. The summed E-state index contributed by atoms with van der Waals surface area (Å²) >= 11 is 10.6. The van der Waals surface area contributed by atoms with Crippen molar-refractivity contribution in [3.05, 3.63) is 28.8 Å². The fourth-order valence-corrected chi connectivity index (χ4v) is 1.67. The van der Waals surface area contributed by atoms with Crippen LogP contribution in [0.4, 0.5) is 18.9 Å². The summed E-state index contributed by atoms with van der Waals surface area (Å²) < 4.78 is 38.1. The lowest BCUT2D eigenvalue weighted by atomic mass is 10.1. The van der Waals surface area contributed by atoms with E-state index in [9.17, 15) is 13.2 Å². The fourth-order valence-electron chi connectivity index (χ4n) is 1.21. The van der Waals surface area contributed by atoms with E-state index in [0.717, 1.165) is 6.07 Å². The molecule has 0 bridgehead atoms. The van der Waals surface area contributed by atoms with E-state index in [4.69, 9.17) is 23.8 Å². The fraction of sp³-hybridized carbons (Fsp3) is 0.300. The number of para-hydroxylation sites is 1. The van der Waals surface area contributed by atoms with Crippen molar-refractivity contribution in [2.24, 2.45) is 0 Å². The first-order valence-corrected chi connectivity index (χ1v) is 5.55. The van der Waals surface area contributed by atoms with Crippen molar-refractivity contribution in [1.82, 2.24) is 5.32 Å². The molecule has 2 nitrogen and oxygen atoms in total. The molecule has 0 spiro atoms. The summed E-state index contributed by atoms with van der Waals surface area (Å²) in [5.41, 5.74) is -1.07. The van der Waals surface area contributed by atoms with Crippen LogP contribution < -0.4 is 10.6 Å².